The summed E-state index contributed by atoms with van der Waals surface area (Å²) >= 11 is 0. The van der Waals surface area contributed by atoms with Crippen LogP contribution in [0.25, 0.3) is 11.1 Å². The van der Waals surface area contributed by atoms with E-state index >= 15 is 0 Å². The number of rotatable bonds is 9. The first kappa shape index (κ1) is 24.7. The maximum atomic E-state index is 12.8. The molecule has 1 heterocycles. The average Bonchev–Trinajstić information content (AvgIpc) is 2.81. The number of amides is 1. The van der Waals surface area contributed by atoms with Crippen molar-refractivity contribution in [3.8, 4) is 22.9 Å². The zero-order chi connectivity index (χ0) is 23.8. The van der Waals surface area contributed by atoms with Gasteiger partial charge in [-0.25, -0.2) is 8.42 Å². The number of sulfone groups is 1. The third-order valence-corrected chi connectivity index (χ3v) is 7.68. The molecule has 3 rings (SSSR count). The molecule has 2 unspecified atom stereocenters. The molecule has 0 saturated carbocycles. The second-order valence-electron chi connectivity index (χ2n) is 8.52. The summed E-state index contributed by atoms with van der Waals surface area (Å²) in [5.41, 5.74) is 2.61. The quantitative estimate of drug-likeness (QED) is 0.547. The van der Waals surface area contributed by atoms with Crippen molar-refractivity contribution in [2.24, 2.45) is 0 Å². The van der Waals surface area contributed by atoms with Gasteiger partial charge in [-0.05, 0) is 68.1 Å². The maximum Gasteiger partial charge on any atom is 0.228 e. The lowest BCUT2D eigenvalue weighted by Gasteiger charge is -2.24. The Hall–Kier alpha value is -2.89. The van der Waals surface area contributed by atoms with Crippen molar-refractivity contribution in [2.75, 3.05) is 25.9 Å². The van der Waals surface area contributed by atoms with Gasteiger partial charge in [-0.3, -0.25) is 4.79 Å². The smallest absolute Gasteiger partial charge is 0.228 e. The van der Waals surface area contributed by atoms with E-state index in [0.717, 1.165) is 42.8 Å². The van der Waals surface area contributed by atoms with Crippen LogP contribution in [-0.4, -0.2) is 51.6 Å². The molecule has 0 spiro atoms. The summed E-state index contributed by atoms with van der Waals surface area (Å²) in [6.07, 6.45) is 3.52. The van der Waals surface area contributed by atoms with Crippen molar-refractivity contribution in [1.82, 2.24) is 10.6 Å². The monoisotopic (exact) mass is 469 g/mol. The molecule has 2 aromatic carbocycles. The Morgan fingerprint density at radius 3 is 2.52 bits per heavy atom. The van der Waals surface area contributed by atoms with Crippen LogP contribution in [0.3, 0.4) is 0 Å². The van der Waals surface area contributed by atoms with Crippen LogP contribution in [0.15, 0.2) is 48.5 Å². The van der Waals surface area contributed by atoms with E-state index in [1.54, 1.807) is 6.92 Å². The second-order valence-corrected chi connectivity index (χ2v) is 11.0. The lowest BCUT2D eigenvalue weighted by atomic mass is 9.91. The molecular weight excluding hydrogens is 438 g/mol. The van der Waals surface area contributed by atoms with Crippen LogP contribution >= 0.6 is 0 Å². The molecule has 2 N–H and O–H groups in total. The van der Waals surface area contributed by atoms with E-state index in [-0.39, 0.29) is 25.0 Å². The van der Waals surface area contributed by atoms with Crippen LogP contribution < -0.4 is 15.4 Å². The van der Waals surface area contributed by atoms with E-state index in [1.165, 1.54) is 6.26 Å². The van der Waals surface area contributed by atoms with Gasteiger partial charge in [-0.1, -0.05) is 36.4 Å². The Bertz CT molecular complexity index is 1090. The largest absolute Gasteiger partial charge is 0.490 e. The Labute approximate surface area is 196 Å². The number of hydrogen-bond donors (Lipinski definition) is 2. The number of nitrogens with one attached hydrogen (secondary N) is 2. The molecule has 0 bridgehead atoms. The van der Waals surface area contributed by atoms with Gasteiger partial charge in [-0.15, -0.1) is 0 Å². The van der Waals surface area contributed by atoms with Crippen molar-refractivity contribution in [2.45, 2.75) is 43.5 Å². The first-order chi connectivity index (χ1) is 15.8. The number of hydrogen-bond acceptors (Lipinski definition) is 6. The summed E-state index contributed by atoms with van der Waals surface area (Å²) in [5.74, 6) is -0.196. The predicted molar refractivity (Wildman–Crippen MR) is 129 cm³/mol. The van der Waals surface area contributed by atoms with E-state index in [9.17, 15) is 13.2 Å². The summed E-state index contributed by atoms with van der Waals surface area (Å²) in [4.78, 5) is 12.8. The van der Waals surface area contributed by atoms with E-state index in [1.807, 2.05) is 54.6 Å². The normalized spacial score (nSPS) is 16.4. The minimum absolute atomic E-state index is 0.124. The van der Waals surface area contributed by atoms with Crippen LogP contribution in [0.1, 0.15) is 37.7 Å². The first-order valence-electron chi connectivity index (χ1n) is 11.2. The minimum Gasteiger partial charge on any atom is -0.490 e. The van der Waals surface area contributed by atoms with Gasteiger partial charge in [-0.2, -0.15) is 5.26 Å². The van der Waals surface area contributed by atoms with Crippen LogP contribution in [0.2, 0.25) is 0 Å². The Morgan fingerprint density at radius 1 is 1.18 bits per heavy atom. The lowest BCUT2D eigenvalue weighted by Crippen LogP contribution is -2.34. The summed E-state index contributed by atoms with van der Waals surface area (Å²) in [6, 6.07) is 17.3. The van der Waals surface area contributed by atoms with Crippen LogP contribution in [0.5, 0.6) is 5.75 Å². The van der Waals surface area contributed by atoms with Crippen molar-refractivity contribution in [3.63, 3.8) is 0 Å². The molecule has 7 nitrogen and oxygen atoms in total. The molecule has 1 aliphatic heterocycles. The van der Waals surface area contributed by atoms with E-state index < -0.39 is 21.0 Å². The highest BCUT2D eigenvalue weighted by Gasteiger charge is 2.27. The van der Waals surface area contributed by atoms with Gasteiger partial charge in [0.05, 0.1) is 17.2 Å². The van der Waals surface area contributed by atoms with Gasteiger partial charge in [0.1, 0.15) is 28.2 Å². The van der Waals surface area contributed by atoms with Gasteiger partial charge in [0, 0.05) is 6.26 Å². The van der Waals surface area contributed by atoms with Gasteiger partial charge >= 0.3 is 0 Å². The highest BCUT2D eigenvalue weighted by atomic mass is 32.2. The fraction of sp³-hybridized carbons (Fsp3) is 0.440. The zero-order valence-electron chi connectivity index (χ0n) is 19.1. The van der Waals surface area contributed by atoms with Crippen molar-refractivity contribution in [3.05, 3.63) is 54.1 Å². The van der Waals surface area contributed by atoms with Crippen molar-refractivity contribution >= 4 is 15.7 Å². The SMILES string of the molecule is CC(CC(C(=O)NCC#N)c1cccc(-c2ccc(OC3CCNCC3)cc2)c1)S(C)(=O)=O. The summed E-state index contributed by atoms with van der Waals surface area (Å²) in [5, 5.41) is 14.0. The van der Waals surface area contributed by atoms with Crippen molar-refractivity contribution < 1.29 is 17.9 Å². The van der Waals surface area contributed by atoms with E-state index in [0.29, 0.717) is 5.56 Å². The van der Waals surface area contributed by atoms with Gasteiger partial charge in [0.15, 0.2) is 0 Å². The number of carbonyl (C=O) groups is 1. The van der Waals surface area contributed by atoms with Crippen molar-refractivity contribution in [1.29, 1.82) is 5.26 Å². The molecule has 176 valence electrons. The molecule has 1 saturated heterocycles. The summed E-state index contributed by atoms with van der Waals surface area (Å²) in [7, 11) is -3.30. The molecule has 1 fully saturated rings. The third kappa shape index (κ3) is 7.04. The molecule has 8 heteroatoms. The number of piperidine rings is 1. The molecule has 0 aliphatic carbocycles. The minimum atomic E-state index is -3.30. The van der Waals surface area contributed by atoms with Gasteiger partial charge in [0.2, 0.25) is 5.91 Å². The second kappa shape index (κ2) is 11.3. The number of nitrogens with zero attached hydrogens (tertiary/aromatic N) is 1. The Morgan fingerprint density at radius 2 is 1.88 bits per heavy atom. The Kier molecular flexibility index (Phi) is 8.48. The maximum absolute atomic E-state index is 12.8. The highest BCUT2D eigenvalue weighted by Crippen LogP contribution is 2.30. The van der Waals surface area contributed by atoms with Crippen LogP contribution in [-0.2, 0) is 14.6 Å². The molecule has 33 heavy (non-hydrogen) atoms. The zero-order valence-corrected chi connectivity index (χ0v) is 19.9. The molecule has 0 aromatic heterocycles. The summed E-state index contributed by atoms with van der Waals surface area (Å²) in [6.45, 7) is 3.42. The van der Waals surface area contributed by atoms with Gasteiger partial charge in [0.25, 0.3) is 0 Å². The van der Waals surface area contributed by atoms with Gasteiger partial charge < -0.3 is 15.4 Å². The number of ether oxygens (including phenoxy) is 1. The Balaban J connectivity index is 1.81. The standard InChI is InChI=1S/C25H31N3O4S/c1-18(33(2,30)31)16-24(25(29)28-15-12-26)21-5-3-4-20(17-21)19-6-8-22(9-7-19)32-23-10-13-27-14-11-23/h3-9,17-18,23-24,27H,10-11,13-16H2,1-2H3,(H,28,29). The molecular formula is C25H31N3O4S. The topological polar surface area (TPSA) is 108 Å². The molecule has 1 aliphatic rings. The first-order valence-corrected chi connectivity index (χ1v) is 13.1. The molecule has 0 radical (unpaired) electrons. The van der Waals surface area contributed by atoms with E-state index in [2.05, 4.69) is 10.6 Å². The molecule has 1 amide bonds. The van der Waals surface area contributed by atoms with Crippen LogP contribution in [0, 0.1) is 11.3 Å². The van der Waals surface area contributed by atoms with Crippen LogP contribution in [0.4, 0.5) is 0 Å². The summed E-state index contributed by atoms with van der Waals surface area (Å²) < 4.78 is 30.1. The predicted octanol–water partition coefficient (Wildman–Crippen LogP) is 3.03. The number of nitriles is 1. The van der Waals surface area contributed by atoms with E-state index in [4.69, 9.17) is 10.00 Å². The lowest BCUT2D eigenvalue weighted by molar-refractivity contribution is -0.122. The number of carbonyl (C=O) groups excluding carboxylic acids is 1. The highest BCUT2D eigenvalue weighted by molar-refractivity contribution is 7.91. The molecule has 2 aromatic rings. The molecule has 2 atom stereocenters. The fourth-order valence-electron chi connectivity index (χ4n) is 3.92. The fourth-order valence-corrected chi connectivity index (χ4v) is 4.46. The average molecular weight is 470 g/mol. The number of benzene rings is 2. The third-order valence-electron chi connectivity index (χ3n) is 6.02.